The molecule has 10 heavy (non-hydrogen) atoms. The third kappa shape index (κ3) is 1.17. The summed E-state index contributed by atoms with van der Waals surface area (Å²) < 4.78 is 0. The van der Waals surface area contributed by atoms with Crippen LogP contribution in [-0.4, -0.2) is 29.7 Å². The summed E-state index contributed by atoms with van der Waals surface area (Å²) in [6.07, 6.45) is 0. The van der Waals surface area contributed by atoms with E-state index in [9.17, 15) is 9.59 Å². The molecule has 0 spiro atoms. The molecule has 1 saturated heterocycles. The first-order valence-corrected chi connectivity index (χ1v) is 3.37. The third-order valence-corrected chi connectivity index (χ3v) is 1.90. The molecule has 0 radical (unpaired) electrons. The fourth-order valence-electron chi connectivity index (χ4n) is 0.993. The Kier molecular flexibility index (Phi) is 1.74. The molecule has 0 saturated carbocycles. The van der Waals surface area contributed by atoms with E-state index in [1.807, 2.05) is 0 Å². The van der Waals surface area contributed by atoms with Crippen LogP contribution in [0.15, 0.2) is 0 Å². The lowest BCUT2D eigenvalue weighted by Gasteiger charge is -2.36. The lowest BCUT2D eigenvalue weighted by Crippen LogP contribution is -2.51. The Morgan fingerprint density at radius 1 is 1.30 bits per heavy atom. The number of amides is 1. The first-order valence-electron chi connectivity index (χ1n) is 3.37. The van der Waals surface area contributed by atoms with E-state index in [0.29, 0.717) is 13.1 Å². The van der Waals surface area contributed by atoms with Gasteiger partial charge in [-0.3, -0.25) is 9.59 Å². The van der Waals surface area contributed by atoms with Gasteiger partial charge in [-0.2, -0.15) is 0 Å². The van der Waals surface area contributed by atoms with E-state index in [2.05, 4.69) is 0 Å². The summed E-state index contributed by atoms with van der Waals surface area (Å²) in [6.45, 7) is 4.35. The highest BCUT2D eigenvalue weighted by atomic mass is 16.2. The van der Waals surface area contributed by atoms with Crippen LogP contribution in [0.2, 0.25) is 0 Å². The van der Waals surface area contributed by atoms with E-state index in [4.69, 9.17) is 0 Å². The van der Waals surface area contributed by atoms with Gasteiger partial charge in [-0.05, 0) is 6.92 Å². The van der Waals surface area contributed by atoms with E-state index in [0.717, 1.165) is 0 Å². The summed E-state index contributed by atoms with van der Waals surface area (Å²) in [4.78, 5) is 22.9. The molecule has 1 heterocycles. The molecule has 0 N–H and O–H groups in total. The number of nitrogens with zero attached hydrogens (tertiary/aromatic N) is 1. The number of carbonyl (C=O) groups excluding carboxylic acids is 2. The van der Waals surface area contributed by atoms with Gasteiger partial charge in [0.15, 0.2) is 0 Å². The topological polar surface area (TPSA) is 37.4 Å². The minimum atomic E-state index is 0.0671. The first kappa shape index (κ1) is 7.25. The molecule has 0 aliphatic carbocycles. The predicted octanol–water partition coefficient (Wildman–Crippen LogP) is 0.0537. The zero-order valence-corrected chi connectivity index (χ0v) is 6.26. The summed E-state index contributed by atoms with van der Waals surface area (Å²) in [6, 6.07) is 0. The normalized spacial score (nSPS) is 18.4. The van der Waals surface area contributed by atoms with Crippen molar-refractivity contribution >= 4 is 11.7 Å². The highest BCUT2D eigenvalue weighted by molar-refractivity contribution is 5.83. The quantitative estimate of drug-likeness (QED) is 0.517. The fourth-order valence-corrected chi connectivity index (χ4v) is 0.993. The second-order valence-corrected chi connectivity index (χ2v) is 2.73. The first-order chi connectivity index (χ1) is 4.61. The maximum atomic E-state index is 10.7. The van der Waals surface area contributed by atoms with Crippen molar-refractivity contribution in [2.24, 2.45) is 5.92 Å². The standard InChI is InChI=1S/C7H11NO2/c1-5(9)7-3-8(4-7)6(2)10/h7H,3-4H2,1-2H3. The Bertz CT molecular complexity index is 152. The average molecular weight is 141 g/mol. The van der Waals surface area contributed by atoms with E-state index >= 15 is 0 Å². The van der Waals surface area contributed by atoms with Crippen molar-refractivity contribution in [2.45, 2.75) is 13.8 Å². The van der Waals surface area contributed by atoms with Gasteiger partial charge in [0.25, 0.3) is 0 Å². The van der Waals surface area contributed by atoms with Crippen LogP contribution in [0.3, 0.4) is 0 Å². The average Bonchev–Trinajstić information content (AvgIpc) is 1.56. The molecule has 56 valence electrons. The van der Waals surface area contributed by atoms with Crippen LogP contribution in [0.25, 0.3) is 0 Å². The lowest BCUT2D eigenvalue weighted by atomic mass is 9.96. The van der Waals surface area contributed by atoms with Crippen LogP contribution in [0, 0.1) is 5.92 Å². The molecule has 0 unspecified atom stereocenters. The summed E-state index contributed by atoms with van der Waals surface area (Å²) in [5.74, 6) is 0.374. The highest BCUT2D eigenvalue weighted by Gasteiger charge is 2.31. The van der Waals surface area contributed by atoms with Gasteiger partial charge in [0.1, 0.15) is 5.78 Å². The molecule has 0 bridgehead atoms. The zero-order chi connectivity index (χ0) is 7.72. The Labute approximate surface area is 60.0 Å². The van der Waals surface area contributed by atoms with Gasteiger partial charge in [0.05, 0.1) is 5.92 Å². The SMILES string of the molecule is CC(=O)C1CN(C(C)=O)C1. The molecule has 3 nitrogen and oxygen atoms in total. The Balaban J connectivity index is 2.31. The van der Waals surface area contributed by atoms with Gasteiger partial charge in [0.2, 0.25) is 5.91 Å². The van der Waals surface area contributed by atoms with Crippen LogP contribution in [0.1, 0.15) is 13.8 Å². The smallest absolute Gasteiger partial charge is 0.219 e. The molecular weight excluding hydrogens is 130 g/mol. The molecule has 0 atom stereocenters. The van der Waals surface area contributed by atoms with Gasteiger partial charge in [-0.25, -0.2) is 0 Å². The Morgan fingerprint density at radius 2 is 1.80 bits per heavy atom. The van der Waals surface area contributed by atoms with Gasteiger partial charge >= 0.3 is 0 Å². The minimum absolute atomic E-state index is 0.0671. The van der Waals surface area contributed by atoms with E-state index < -0.39 is 0 Å². The summed E-state index contributed by atoms with van der Waals surface area (Å²) >= 11 is 0. The van der Waals surface area contributed by atoms with Crippen molar-refractivity contribution in [3.63, 3.8) is 0 Å². The summed E-state index contributed by atoms with van der Waals surface area (Å²) in [5, 5.41) is 0. The maximum absolute atomic E-state index is 10.7. The molecule has 0 aromatic rings. The van der Waals surface area contributed by atoms with Gasteiger partial charge < -0.3 is 4.90 Å². The van der Waals surface area contributed by atoms with Gasteiger partial charge in [0, 0.05) is 20.0 Å². The van der Waals surface area contributed by atoms with E-state index in [-0.39, 0.29) is 17.6 Å². The Morgan fingerprint density at radius 3 is 2.10 bits per heavy atom. The molecule has 1 rings (SSSR count). The largest absolute Gasteiger partial charge is 0.341 e. The van der Waals surface area contributed by atoms with Crippen molar-refractivity contribution in [1.29, 1.82) is 0 Å². The van der Waals surface area contributed by atoms with Crippen molar-refractivity contribution in [1.82, 2.24) is 4.90 Å². The van der Waals surface area contributed by atoms with Crippen LogP contribution in [0.5, 0.6) is 0 Å². The molecule has 1 aliphatic rings. The second-order valence-electron chi connectivity index (χ2n) is 2.73. The molecule has 1 fully saturated rings. The maximum Gasteiger partial charge on any atom is 0.219 e. The lowest BCUT2D eigenvalue weighted by molar-refractivity contribution is -0.139. The number of rotatable bonds is 1. The number of carbonyl (C=O) groups is 2. The van der Waals surface area contributed by atoms with Crippen LogP contribution in [0.4, 0.5) is 0 Å². The monoisotopic (exact) mass is 141 g/mol. The van der Waals surface area contributed by atoms with Crippen molar-refractivity contribution in [2.75, 3.05) is 13.1 Å². The van der Waals surface area contributed by atoms with Crippen LogP contribution in [-0.2, 0) is 9.59 Å². The number of ketones is 1. The van der Waals surface area contributed by atoms with Gasteiger partial charge in [-0.15, -0.1) is 0 Å². The third-order valence-electron chi connectivity index (χ3n) is 1.90. The minimum Gasteiger partial charge on any atom is -0.341 e. The fraction of sp³-hybridized carbons (Fsp3) is 0.714. The molecule has 3 heteroatoms. The van der Waals surface area contributed by atoms with E-state index in [1.165, 1.54) is 6.92 Å². The number of likely N-dealkylation sites (tertiary alicyclic amines) is 1. The molecule has 0 aromatic heterocycles. The van der Waals surface area contributed by atoms with Crippen molar-refractivity contribution < 1.29 is 9.59 Å². The molecule has 0 aromatic carbocycles. The second kappa shape index (κ2) is 2.40. The molecular formula is C7H11NO2. The van der Waals surface area contributed by atoms with Crippen LogP contribution < -0.4 is 0 Å². The Hall–Kier alpha value is -0.860. The molecule has 1 aliphatic heterocycles. The highest BCUT2D eigenvalue weighted by Crippen LogP contribution is 2.15. The van der Waals surface area contributed by atoms with Crippen molar-refractivity contribution in [3.8, 4) is 0 Å². The summed E-state index contributed by atoms with van der Waals surface area (Å²) in [7, 11) is 0. The summed E-state index contributed by atoms with van der Waals surface area (Å²) in [5.41, 5.74) is 0. The van der Waals surface area contributed by atoms with Crippen LogP contribution >= 0.6 is 0 Å². The van der Waals surface area contributed by atoms with Crippen molar-refractivity contribution in [3.05, 3.63) is 0 Å². The number of hydrogen-bond acceptors (Lipinski definition) is 2. The van der Waals surface area contributed by atoms with Gasteiger partial charge in [-0.1, -0.05) is 0 Å². The zero-order valence-electron chi connectivity index (χ0n) is 6.26. The molecule has 1 amide bonds. The predicted molar refractivity (Wildman–Crippen MR) is 36.4 cm³/mol. The number of hydrogen-bond donors (Lipinski definition) is 0. The van der Waals surface area contributed by atoms with E-state index in [1.54, 1.807) is 11.8 Å². The number of Topliss-reactive ketones (excluding diaryl/α,β-unsaturated/α-hetero) is 1.